The van der Waals surface area contributed by atoms with Gasteiger partial charge in [0.05, 0.1) is 23.5 Å². The van der Waals surface area contributed by atoms with Gasteiger partial charge in [0.25, 0.3) is 11.5 Å². The van der Waals surface area contributed by atoms with Crippen molar-refractivity contribution in [2.75, 3.05) is 16.5 Å². The third-order valence-electron chi connectivity index (χ3n) is 6.45. The minimum absolute atomic E-state index is 0.0892. The van der Waals surface area contributed by atoms with E-state index < -0.39 is 0 Å². The second kappa shape index (κ2) is 11.0. The molecule has 1 aromatic heterocycles. The fourth-order valence-electron chi connectivity index (χ4n) is 4.51. The molecule has 0 saturated heterocycles. The number of hydrogen-bond acceptors (Lipinski definition) is 4. The number of rotatable bonds is 6. The van der Waals surface area contributed by atoms with Crippen LogP contribution in [0.2, 0.25) is 0 Å². The standard InChI is InChI=1S/C32H26N4O3/c1-23-28(21-13-6-14-22-34(24(2)37)25-15-7-3-8-16-25)31(38)35(26-17-9-4-10-18-26)30-29(23)32(39)36(33-30)27-19-11-5-12-20-27/h3-5,7-21H,22H2,1-2H3/b28-21+. The Morgan fingerprint density at radius 1 is 0.897 bits per heavy atom. The van der Waals surface area contributed by atoms with E-state index in [4.69, 9.17) is 0 Å². The smallest absolute Gasteiger partial charge is 0.282 e. The minimum Gasteiger partial charge on any atom is -0.308 e. The summed E-state index contributed by atoms with van der Waals surface area (Å²) < 4.78 is 1.47. The molecule has 4 aromatic rings. The van der Waals surface area contributed by atoms with Crippen LogP contribution in [0, 0.1) is 6.92 Å². The molecule has 1 aliphatic rings. The zero-order chi connectivity index (χ0) is 27.4. The molecule has 0 N–H and O–H groups in total. The van der Waals surface area contributed by atoms with Crippen LogP contribution in [0.4, 0.5) is 11.4 Å². The van der Waals surface area contributed by atoms with Gasteiger partial charge in [0.1, 0.15) is 0 Å². The Hall–Kier alpha value is -5.26. The van der Waals surface area contributed by atoms with Gasteiger partial charge >= 0.3 is 0 Å². The Balaban J connectivity index is 1.60. The summed E-state index contributed by atoms with van der Waals surface area (Å²) in [6.07, 6.45) is 4.99. The average Bonchev–Trinajstić information content (AvgIpc) is 3.30. The summed E-state index contributed by atoms with van der Waals surface area (Å²) in [5, 5.41) is 6.27. The molecular formula is C32H26N4O3. The van der Waals surface area contributed by atoms with Crippen LogP contribution < -0.4 is 26.2 Å². The molecule has 0 radical (unpaired) electrons. The van der Waals surface area contributed by atoms with Gasteiger partial charge in [-0.05, 0) is 67.1 Å². The van der Waals surface area contributed by atoms with Crippen molar-refractivity contribution >= 4 is 29.3 Å². The molecule has 1 aliphatic heterocycles. The summed E-state index contributed by atoms with van der Waals surface area (Å²) in [6, 6.07) is 27.6. The zero-order valence-corrected chi connectivity index (χ0v) is 21.6. The number of amides is 2. The summed E-state index contributed by atoms with van der Waals surface area (Å²) >= 11 is 0. The lowest BCUT2D eigenvalue weighted by Gasteiger charge is -2.18. The van der Waals surface area contributed by atoms with Crippen LogP contribution in [0.25, 0.3) is 11.8 Å². The number of aromatic nitrogens is 1. The van der Waals surface area contributed by atoms with Crippen molar-refractivity contribution in [1.29, 1.82) is 0 Å². The van der Waals surface area contributed by atoms with E-state index in [1.165, 1.54) is 16.5 Å². The van der Waals surface area contributed by atoms with Crippen molar-refractivity contribution in [3.05, 3.63) is 141 Å². The molecule has 7 nitrogen and oxygen atoms in total. The number of nitrogens with zero attached hydrogens (tertiary/aromatic N) is 4. The van der Waals surface area contributed by atoms with E-state index >= 15 is 0 Å². The van der Waals surface area contributed by atoms with Crippen molar-refractivity contribution in [1.82, 2.24) is 4.57 Å². The van der Waals surface area contributed by atoms with Crippen LogP contribution in [-0.4, -0.2) is 22.9 Å². The monoisotopic (exact) mass is 514 g/mol. The maximum absolute atomic E-state index is 13.8. The third-order valence-corrected chi connectivity index (χ3v) is 6.45. The topological polar surface area (TPSA) is 75.0 Å². The summed E-state index contributed by atoms with van der Waals surface area (Å²) in [5.41, 5.74) is 5.99. The number of benzene rings is 3. The maximum atomic E-state index is 13.8. The number of anilines is 2. The van der Waals surface area contributed by atoms with Gasteiger partial charge in [-0.1, -0.05) is 54.6 Å². The van der Waals surface area contributed by atoms with Gasteiger partial charge in [-0.15, -0.1) is 10.8 Å². The zero-order valence-electron chi connectivity index (χ0n) is 21.6. The molecule has 0 atom stereocenters. The number of para-hydroxylation sites is 3. The lowest BCUT2D eigenvalue weighted by Crippen LogP contribution is -2.45. The van der Waals surface area contributed by atoms with Gasteiger partial charge in [-0.2, -0.15) is 5.01 Å². The Kier molecular flexibility index (Phi) is 7.17. The van der Waals surface area contributed by atoms with Gasteiger partial charge in [0.15, 0.2) is 5.49 Å². The van der Waals surface area contributed by atoms with E-state index in [0.29, 0.717) is 39.8 Å². The first-order valence-electron chi connectivity index (χ1n) is 12.5. The summed E-state index contributed by atoms with van der Waals surface area (Å²) in [7, 11) is 0. The first kappa shape index (κ1) is 25.4. The van der Waals surface area contributed by atoms with Crippen LogP contribution in [-0.2, 0) is 4.79 Å². The van der Waals surface area contributed by atoms with E-state index in [2.05, 4.69) is 10.8 Å². The number of carbonyl (C=O) groups is 2. The number of carbonyl (C=O) groups excluding carboxylic acids is 2. The highest BCUT2D eigenvalue weighted by Crippen LogP contribution is 2.20. The molecule has 0 saturated carbocycles. The normalized spacial score (nSPS) is 12.4. The second-order valence-electron chi connectivity index (χ2n) is 8.94. The summed E-state index contributed by atoms with van der Waals surface area (Å²) in [5.74, 6) is -0.388. The van der Waals surface area contributed by atoms with E-state index in [0.717, 1.165) is 5.69 Å². The highest BCUT2D eigenvalue weighted by molar-refractivity contribution is 6.08. The molecule has 0 bridgehead atoms. The fourth-order valence-corrected chi connectivity index (χ4v) is 4.51. The number of pyridine rings is 1. The molecule has 0 unspecified atom stereocenters. The summed E-state index contributed by atoms with van der Waals surface area (Å²) in [6.45, 7) is 3.59. The van der Waals surface area contributed by atoms with Gasteiger partial charge in [0, 0.05) is 17.8 Å². The van der Waals surface area contributed by atoms with Crippen LogP contribution in [0.5, 0.6) is 0 Å². The van der Waals surface area contributed by atoms with E-state index in [1.54, 1.807) is 42.2 Å². The number of fused-ring (bicyclic) bond motifs is 1. The minimum atomic E-state index is -0.299. The molecular weight excluding hydrogens is 488 g/mol. The highest BCUT2D eigenvalue weighted by Gasteiger charge is 2.30. The van der Waals surface area contributed by atoms with Crippen LogP contribution >= 0.6 is 0 Å². The van der Waals surface area contributed by atoms with Crippen molar-refractivity contribution in [2.45, 2.75) is 13.8 Å². The number of hydrogen-bond donors (Lipinski definition) is 0. The Bertz CT molecular complexity index is 1790. The van der Waals surface area contributed by atoms with E-state index in [1.807, 2.05) is 78.9 Å². The van der Waals surface area contributed by atoms with Gasteiger partial charge in [-0.3, -0.25) is 19.0 Å². The van der Waals surface area contributed by atoms with Crippen LogP contribution in [0.3, 0.4) is 0 Å². The fraction of sp³-hybridized carbons (Fsp3) is 0.0938. The predicted octanol–water partition coefficient (Wildman–Crippen LogP) is 3.89. The molecule has 0 fully saturated rings. The van der Waals surface area contributed by atoms with Crippen molar-refractivity contribution < 1.29 is 9.59 Å². The first-order valence-corrected chi connectivity index (χ1v) is 12.5. The summed E-state index contributed by atoms with van der Waals surface area (Å²) in [4.78, 5) is 41.1. The SMILES string of the molecule is CC(=O)N(CC=C=C/C=c1\c(C)c2c(n(-c3ccccc3)c1=O)=NN(c1ccccc1)C2=O)c1ccccc1. The Morgan fingerprint density at radius 2 is 1.49 bits per heavy atom. The third kappa shape index (κ3) is 4.99. The van der Waals surface area contributed by atoms with Crippen molar-refractivity contribution in [3.8, 4) is 5.69 Å². The molecule has 192 valence electrons. The lowest BCUT2D eigenvalue weighted by molar-refractivity contribution is -0.116. The van der Waals surface area contributed by atoms with Crippen molar-refractivity contribution in [2.24, 2.45) is 5.10 Å². The van der Waals surface area contributed by atoms with E-state index in [-0.39, 0.29) is 17.4 Å². The van der Waals surface area contributed by atoms with E-state index in [9.17, 15) is 14.4 Å². The van der Waals surface area contributed by atoms with Gasteiger partial charge in [0.2, 0.25) is 5.91 Å². The molecule has 39 heavy (non-hydrogen) atoms. The van der Waals surface area contributed by atoms with Crippen molar-refractivity contribution in [3.63, 3.8) is 0 Å². The molecule has 2 heterocycles. The molecule has 7 heteroatoms. The lowest BCUT2D eigenvalue weighted by atomic mass is 10.1. The predicted molar refractivity (Wildman–Crippen MR) is 152 cm³/mol. The van der Waals surface area contributed by atoms with Gasteiger partial charge < -0.3 is 4.90 Å². The quantitative estimate of drug-likeness (QED) is 0.367. The second-order valence-corrected chi connectivity index (χ2v) is 8.94. The largest absolute Gasteiger partial charge is 0.308 e. The average molecular weight is 515 g/mol. The maximum Gasteiger partial charge on any atom is 0.282 e. The molecule has 5 rings (SSSR count). The first-order chi connectivity index (χ1) is 19.0. The highest BCUT2D eigenvalue weighted by atomic mass is 16.2. The Morgan fingerprint density at radius 3 is 2.10 bits per heavy atom. The Labute approximate surface area is 225 Å². The molecule has 3 aromatic carbocycles. The molecule has 0 spiro atoms. The molecule has 0 aliphatic carbocycles. The van der Waals surface area contributed by atoms with Crippen LogP contribution in [0.1, 0.15) is 22.8 Å². The van der Waals surface area contributed by atoms with Crippen LogP contribution in [0.15, 0.2) is 119 Å². The molecule has 2 amide bonds. The van der Waals surface area contributed by atoms with Gasteiger partial charge in [-0.25, -0.2) is 0 Å².